The van der Waals surface area contributed by atoms with Gasteiger partial charge in [0, 0.05) is 0 Å². The van der Waals surface area contributed by atoms with E-state index >= 15 is 0 Å². The maximum absolute atomic E-state index is 12.4. The first-order valence-electron chi connectivity index (χ1n) is 7.82. The van der Waals surface area contributed by atoms with E-state index in [0.717, 1.165) is 16.6 Å². The number of fused-ring (bicyclic) bond motifs is 2. The fourth-order valence-corrected chi connectivity index (χ4v) is 3.51. The van der Waals surface area contributed by atoms with Crippen LogP contribution in [-0.2, 0) is 11.2 Å². The number of thiazole rings is 1. The highest BCUT2D eigenvalue weighted by molar-refractivity contribution is 7.22. The molecule has 6 heteroatoms. The summed E-state index contributed by atoms with van der Waals surface area (Å²) in [6.45, 7) is 2.30. The van der Waals surface area contributed by atoms with Crippen molar-refractivity contribution in [2.75, 3.05) is 11.9 Å². The van der Waals surface area contributed by atoms with Crippen LogP contribution in [0.2, 0.25) is 0 Å². The number of benzene rings is 2. The number of nitrogens with zero attached hydrogens (tertiary/aromatic N) is 1. The van der Waals surface area contributed by atoms with Gasteiger partial charge in [-0.15, -0.1) is 0 Å². The number of rotatable bonds is 3. The van der Waals surface area contributed by atoms with Crippen LogP contribution in [0.5, 0.6) is 11.5 Å². The first-order chi connectivity index (χ1) is 11.7. The third kappa shape index (κ3) is 2.80. The first kappa shape index (κ1) is 15.0. The molecule has 3 aromatic rings. The molecule has 0 radical (unpaired) electrons. The number of hydrogen-bond acceptors (Lipinski definition) is 5. The summed E-state index contributed by atoms with van der Waals surface area (Å²) >= 11 is 1.47. The van der Waals surface area contributed by atoms with Crippen LogP contribution in [0.4, 0.5) is 5.13 Å². The molecule has 1 aliphatic rings. The Bertz CT molecular complexity index is 906. The van der Waals surface area contributed by atoms with Crippen molar-refractivity contribution in [1.82, 2.24) is 4.98 Å². The molecule has 24 heavy (non-hydrogen) atoms. The van der Waals surface area contributed by atoms with Gasteiger partial charge < -0.3 is 9.47 Å². The van der Waals surface area contributed by atoms with Gasteiger partial charge in [-0.05, 0) is 36.2 Å². The zero-order valence-corrected chi connectivity index (χ0v) is 13.9. The van der Waals surface area contributed by atoms with Crippen LogP contribution in [0, 0.1) is 0 Å². The van der Waals surface area contributed by atoms with E-state index in [4.69, 9.17) is 9.47 Å². The maximum atomic E-state index is 12.4. The molecule has 0 aliphatic carbocycles. The Labute approximate surface area is 143 Å². The molecule has 1 unspecified atom stereocenters. The topological polar surface area (TPSA) is 60.5 Å². The molecule has 5 nitrogen and oxygen atoms in total. The molecule has 1 aliphatic heterocycles. The molecule has 0 saturated carbocycles. The molecular weight excluding hydrogens is 324 g/mol. The average molecular weight is 340 g/mol. The van der Waals surface area contributed by atoms with Crippen molar-refractivity contribution in [2.24, 2.45) is 0 Å². The molecule has 1 N–H and O–H groups in total. The van der Waals surface area contributed by atoms with Crippen molar-refractivity contribution in [3.05, 3.63) is 48.0 Å². The van der Waals surface area contributed by atoms with Crippen LogP contribution in [-0.4, -0.2) is 23.6 Å². The van der Waals surface area contributed by atoms with Gasteiger partial charge in [0.25, 0.3) is 5.91 Å². The smallest absolute Gasteiger partial charge is 0.270 e. The molecule has 2 aromatic carbocycles. The fraction of sp³-hybridized carbons (Fsp3) is 0.222. The molecule has 4 rings (SSSR count). The van der Waals surface area contributed by atoms with Gasteiger partial charge in [0.1, 0.15) is 6.61 Å². The van der Waals surface area contributed by atoms with Crippen LogP contribution in [0.15, 0.2) is 42.5 Å². The second kappa shape index (κ2) is 6.13. The van der Waals surface area contributed by atoms with Crippen molar-refractivity contribution in [2.45, 2.75) is 19.4 Å². The summed E-state index contributed by atoms with van der Waals surface area (Å²) in [5.41, 5.74) is 2.14. The molecule has 0 fully saturated rings. The minimum absolute atomic E-state index is 0.188. The lowest BCUT2D eigenvalue weighted by atomic mass is 10.2. The summed E-state index contributed by atoms with van der Waals surface area (Å²) in [5.74, 6) is 0.994. The average Bonchev–Trinajstić information content (AvgIpc) is 3.02. The number of amides is 1. The molecular formula is C18H16N2O3S. The van der Waals surface area contributed by atoms with Gasteiger partial charge in [-0.25, -0.2) is 4.98 Å². The lowest BCUT2D eigenvalue weighted by Crippen LogP contribution is -2.40. The highest BCUT2D eigenvalue weighted by Gasteiger charge is 2.27. The first-order valence-corrected chi connectivity index (χ1v) is 8.63. The Kier molecular flexibility index (Phi) is 3.82. The molecule has 0 spiro atoms. The van der Waals surface area contributed by atoms with E-state index in [9.17, 15) is 4.79 Å². The standard InChI is InChI=1S/C18H16N2O3S/c1-2-11-7-8-12-16(9-11)24-18(19-12)20-17(21)15-10-22-13-5-3-4-6-14(13)23-15/h3-9,15H,2,10H2,1H3,(H,19,20,21). The maximum Gasteiger partial charge on any atom is 0.270 e. The lowest BCUT2D eigenvalue weighted by Gasteiger charge is -2.25. The van der Waals surface area contributed by atoms with Crippen LogP contribution >= 0.6 is 11.3 Å². The van der Waals surface area contributed by atoms with Crippen molar-refractivity contribution in [3.8, 4) is 11.5 Å². The second-order valence-electron chi connectivity index (χ2n) is 5.53. The Morgan fingerprint density at radius 3 is 2.96 bits per heavy atom. The lowest BCUT2D eigenvalue weighted by molar-refractivity contribution is -0.125. The van der Waals surface area contributed by atoms with E-state index in [1.807, 2.05) is 24.3 Å². The number of carbonyl (C=O) groups excluding carboxylic acids is 1. The molecule has 0 bridgehead atoms. The van der Waals surface area contributed by atoms with E-state index in [0.29, 0.717) is 16.6 Å². The van der Waals surface area contributed by atoms with Crippen molar-refractivity contribution >= 4 is 32.6 Å². The molecule has 1 amide bonds. The molecule has 1 atom stereocenters. The number of nitrogens with one attached hydrogen (secondary N) is 1. The number of para-hydroxylation sites is 2. The SMILES string of the molecule is CCc1ccc2nc(NC(=O)C3COc4ccccc4O3)sc2c1. The quantitative estimate of drug-likeness (QED) is 0.791. The van der Waals surface area contributed by atoms with Gasteiger partial charge in [-0.1, -0.05) is 36.5 Å². The minimum atomic E-state index is -0.682. The number of carbonyl (C=O) groups is 1. The summed E-state index contributed by atoms with van der Waals surface area (Å²) in [4.78, 5) is 16.9. The predicted molar refractivity (Wildman–Crippen MR) is 94.0 cm³/mol. The molecule has 2 heterocycles. The van der Waals surface area contributed by atoms with Crippen molar-refractivity contribution < 1.29 is 14.3 Å². The van der Waals surface area contributed by atoms with E-state index in [1.165, 1.54) is 16.9 Å². The van der Waals surface area contributed by atoms with E-state index in [-0.39, 0.29) is 12.5 Å². The number of hydrogen-bond donors (Lipinski definition) is 1. The summed E-state index contributed by atoms with van der Waals surface area (Å²) < 4.78 is 12.4. The predicted octanol–water partition coefficient (Wildman–Crippen LogP) is 3.64. The fourth-order valence-electron chi connectivity index (χ4n) is 2.58. The van der Waals surface area contributed by atoms with Gasteiger partial charge in [-0.2, -0.15) is 0 Å². The molecule has 0 saturated heterocycles. The van der Waals surface area contributed by atoms with Gasteiger partial charge in [0.2, 0.25) is 6.10 Å². The van der Waals surface area contributed by atoms with Crippen LogP contribution in [0.1, 0.15) is 12.5 Å². The Morgan fingerprint density at radius 1 is 1.29 bits per heavy atom. The Morgan fingerprint density at radius 2 is 2.12 bits per heavy atom. The van der Waals surface area contributed by atoms with Gasteiger partial charge in [-0.3, -0.25) is 10.1 Å². The molecule has 122 valence electrons. The van der Waals surface area contributed by atoms with Crippen molar-refractivity contribution in [3.63, 3.8) is 0 Å². The van der Waals surface area contributed by atoms with Crippen LogP contribution in [0.25, 0.3) is 10.2 Å². The number of ether oxygens (including phenoxy) is 2. The highest BCUT2D eigenvalue weighted by atomic mass is 32.1. The summed E-state index contributed by atoms with van der Waals surface area (Å²) in [7, 11) is 0. The summed E-state index contributed by atoms with van der Waals surface area (Å²) in [5, 5.41) is 3.41. The Hall–Kier alpha value is -2.60. The van der Waals surface area contributed by atoms with Crippen LogP contribution in [0.3, 0.4) is 0 Å². The van der Waals surface area contributed by atoms with Crippen LogP contribution < -0.4 is 14.8 Å². The van der Waals surface area contributed by atoms with E-state index in [1.54, 1.807) is 6.07 Å². The van der Waals surface area contributed by atoms with Gasteiger partial charge in [0.05, 0.1) is 10.2 Å². The number of anilines is 1. The minimum Gasteiger partial charge on any atom is -0.485 e. The zero-order chi connectivity index (χ0) is 16.5. The van der Waals surface area contributed by atoms with Crippen molar-refractivity contribution in [1.29, 1.82) is 0 Å². The second-order valence-corrected chi connectivity index (χ2v) is 6.56. The molecule has 1 aromatic heterocycles. The summed E-state index contributed by atoms with van der Waals surface area (Å²) in [6.07, 6.45) is 0.292. The highest BCUT2D eigenvalue weighted by Crippen LogP contribution is 2.32. The van der Waals surface area contributed by atoms with Gasteiger partial charge in [0.15, 0.2) is 16.6 Å². The monoisotopic (exact) mass is 340 g/mol. The third-order valence-electron chi connectivity index (χ3n) is 3.89. The van der Waals surface area contributed by atoms with E-state index in [2.05, 4.69) is 29.4 Å². The number of aryl methyl sites for hydroxylation is 1. The zero-order valence-electron chi connectivity index (χ0n) is 13.1. The van der Waals surface area contributed by atoms with Gasteiger partial charge >= 0.3 is 0 Å². The summed E-state index contributed by atoms with van der Waals surface area (Å²) in [6, 6.07) is 13.5. The Balaban J connectivity index is 1.50. The van der Waals surface area contributed by atoms with E-state index < -0.39 is 6.10 Å². The largest absolute Gasteiger partial charge is 0.485 e. The normalized spacial score (nSPS) is 16.1. The number of aromatic nitrogens is 1. The third-order valence-corrected chi connectivity index (χ3v) is 4.83.